The zero-order chi connectivity index (χ0) is 13.7. The minimum Gasteiger partial charge on any atom is -0.383 e. The van der Waals surface area contributed by atoms with E-state index in [0.29, 0.717) is 11.9 Å². The van der Waals surface area contributed by atoms with Gasteiger partial charge in [-0.15, -0.1) is 0 Å². The lowest BCUT2D eigenvalue weighted by Crippen LogP contribution is -2.11. The SMILES string of the molecule is Cc1nn(C2Cc3ccccc3C2)c2ncnc(N)c12. The number of rotatable bonds is 1. The van der Waals surface area contributed by atoms with Crippen LogP contribution in [0.25, 0.3) is 11.0 Å². The smallest absolute Gasteiger partial charge is 0.163 e. The molecule has 5 heteroatoms. The van der Waals surface area contributed by atoms with E-state index in [9.17, 15) is 0 Å². The predicted molar refractivity (Wildman–Crippen MR) is 77.4 cm³/mol. The van der Waals surface area contributed by atoms with Crippen LogP contribution < -0.4 is 5.73 Å². The lowest BCUT2D eigenvalue weighted by molar-refractivity contribution is 0.484. The maximum atomic E-state index is 5.95. The maximum absolute atomic E-state index is 5.95. The Morgan fingerprint density at radius 2 is 1.85 bits per heavy atom. The number of nitrogens with zero attached hydrogens (tertiary/aromatic N) is 4. The monoisotopic (exact) mass is 265 g/mol. The van der Waals surface area contributed by atoms with Gasteiger partial charge in [0, 0.05) is 0 Å². The quantitative estimate of drug-likeness (QED) is 0.731. The van der Waals surface area contributed by atoms with Gasteiger partial charge in [-0.3, -0.25) is 0 Å². The molecule has 3 aromatic rings. The highest BCUT2D eigenvalue weighted by molar-refractivity contribution is 5.87. The lowest BCUT2D eigenvalue weighted by Gasteiger charge is -2.10. The Hall–Kier alpha value is -2.43. The van der Waals surface area contributed by atoms with E-state index in [1.165, 1.54) is 17.5 Å². The molecule has 2 N–H and O–H groups in total. The molecular formula is C15H15N5. The summed E-state index contributed by atoms with van der Waals surface area (Å²) in [4.78, 5) is 8.44. The first-order valence-electron chi connectivity index (χ1n) is 6.76. The van der Waals surface area contributed by atoms with E-state index in [1.54, 1.807) is 0 Å². The van der Waals surface area contributed by atoms with Crippen molar-refractivity contribution in [1.82, 2.24) is 19.7 Å². The zero-order valence-electron chi connectivity index (χ0n) is 11.2. The molecule has 0 atom stereocenters. The van der Waals surface area contributed by atoms with E-state index in [1.807, 2.05) is 11.6 Å². The first kappa shape index (κ1) is 11.4. The fourth-order valence-corrected chi connectivity index (χ4v) is 3.13. The highest BCUT2D eigenvalue weighted by Crippen LogP contribution is 2.32. The second-order valence-electron chi connectivity index (χ2n) is 5.32. The van der Waals surface area contributed by atoms with Crippen LogP contribution in [0.15, 0.2) is 30.6 Å². The Kier molecular flexibility index (Phi) is 2.30. The van der Waals surface area contributed by atoms with Crippen molar-refractivity contribution in [1.29, 1.82) is 0 Å². The van der Waals surface area contributed by atoms with Crippen LogP contribution in [-0.2, 0) is 12.8 Å². The summed E-state index contributed by atoms with van der Waals surface area (Å²) in [5, 5.41) is 5.53. The molecule has 100 valence electrons. The summed E-state index contributed by atoms with van der Waals surface area (Å²) >= 11 is 0. The molecule has 0 bridgehead atoms. The van der Waals surface area contributed by atoms with Crippen LogP contribution in [0.1, 0.15) is 22.9 Å². The Bertz CT molecular complexity index is 780. The largest absolute Gasteiger partial charge is 0.383 e. The number of benzene rings is 1. The summed E-state index contributed by atoms with van der Waals surface area (Å²) in [6, 6.07) is 8.88. The molecule has 2 aromatic heterocycles. The molecule has 0 unspecified atom stereocenters. The molecule has 20 heavy (non-hydrogen) atoms. The number of aryl methyl sites for hydroxylation is 1. The third-order valence-electron chi connectivity index (χ3n) is 4.07. The van der Waals surface area contributed by atoms with Crippen LogP contribution in [0.2, 0.25) is 0 Å². The summed E-state index contributed by atoms with van der Waals surface area (Å²) < 4.78 is 2.02. The van der Waals surface area contributed by atoms with Gasteiger partial charge in [-0.05, 0) is 30.9 Å². The van der Waals surface area contributed by atoms with Crippen molar-refractivity contribution in [2.45, 2.75) is 25.8 Å². The maximum Gasteiger partial charge on any atom is 0.163 e. The Morgan fingerprint density at radius 1 is 1.15 bits per heavy atom. The molecule has 0 spiro atoms. The van der Waals surface area contributed by atoms with E-state index >= 15 is 0 Å². The van der Waals surface area contributed by atoms with Crippen LogP contribution in [0.3, 0.4) is 0 Å². The van der Waals surface area contributed by atoms with Crippen LogP contribution in [0.4, 0.5) is 5.82 Å². The van der Waals surface area contributed by atoms with Gasteiger partial charge in [-0.25, -0.2) is 14.6 Å². The standard InChI is InChI=1S/C15H15N5/c1-9-13-14(16)17-8-18-15(13)20(19-9)12-6-10-4-2-3-5-11(10)7-12/h2-5,8,12H,6-7H2,1H3,(H2,16,17,18). The number of nitrogens with two attached hydrogens (primary N) is 1. The average Bonchev–Trinajstić information content (AvgIpc) is 3.00. The molecule has 1 aliphatic carbocycles. The Morgan fingerprint density at radius 3 is 2.55 bits per heavy atom. The Labute approximate surface area is 116 Å². The first-order valence-corrected chi connectivity index (χ1v) is 6.76. The minimum absolute atomic E-state index is 0.318. The second-order valence-corrected chi connectivity index (χ2v) is 5.32. The van der Waals surface area contributed by atoms with Gasteiger partial charge in [0.25, 0.3) is 0 Å². The van der Waals surface area contributed by atoms with E-state index < -0.39 is 0 Å². The van der Waals surface area contributed by atoms with Gasteiger partial charge in [0.15, 0.2) is 5.65 Å². The van der Waals surface area contributed by atoms with Crippen LogP contribution >= 0.6 is 0 Å². The number of hydrogen-bond acceptors (Lipinski definition) is 4. The number of hydrogen-bond donors (Lipinski definition) is 1. The van der Waals surface area contributed by atoms with Gasteiger partial charge in [0.2, 0.25) is 0 Å². The number of anilines is 1. The van der Waals surface area contributed by atoms with Gasteiger partial charge in [-0.2, -0.15) is 5.10 Å². The summed E-state index contributed by atoms with van der Waals surface area (Å²) in [5.41, 5.74) is 10.5. The molecule has 0 amide bonds. The topological polar surface area (TPSA) is 69.6 Å². The highest BCUT2D eigenvalue weighted by Gasteiger charge is 2.26. The number of fused-ring (bicyclic) bond motifs is 2. The number of nitrogen functional groups attached to an aromatic ring is 1. The minimum atomic E-state index is 0.318. The molecular weight excluding hydrogens is 250 g/mol. The normalized spacial score (nSPS) is 14.8. The molecule has 1 aliphatic rings. The lowest BCUT2D eigenvalue weighted by atomic mass is 10.1. The molecule has 1 aromatic carbocycles. The van der Waals surface area contributed by atoms with Crippen molar-refractivity contribution < 1.29 is 0 Å². The second kappa shape index (κ2) is 4.03. The summed E-state index contributed by atoms with van der Waals surface area (Å²) in [7, 11) is 0. The molecule has 0 saturated carbocycles. The van der Waals surface area contributed by atoms with Crippen LogP contribution in [0, 0.1) is 6.92 Å². The van der Waals surface area contributed by atoms with E-state index in [0.717, 1.165) is 29.6 Å². The van der Waals surface area contributed by atoms with Gasteiger partial charge in [-0.1, -0.05) is 24.3 Å². The average molecular weight is 265 g/mol. The zero-order valence-corrected chi connectivity index (χ0v) is 11.2. The van der Waals surface area contributed by atoms with E-state index in [2.05, 4.69) is 39.3 Å². The third-order valence-corrected chi connectivity index (χ3v) is 4.07. The Balaban J connectivity index is 1.84. The highest BCUT2D eigenvalue weighted by atomic mass is 15.3. The van der Waals surface area contributed by atoms with Crippen molar-refractivity contribution in [2.24, 2.45) is 0 Å². The summed E-state index contributed by atoms with van der Waals surface area (Å²) in [5.74, 6) is 0.509. The van der Waals surface area contributed by atoms with Crippen molar-refractivity contribution in [2.75, 3.05) is 5.73 Å². The molecule has 4 rings (SSSR count). The third kappa shape index (κ3) is 1.52. The predicted octanol–water partition coefficient (Wildman–Crippen LogP) is 2.06. The molecule has 2 heterocycles. The molecule has 0 radical (unpaired) electrons. The molecule has 0 aliphatic heterocycles. The molecule has 0 saturated heterocycles. The van der Waals surface area contributed by atoms with E-state index in [-0.39, 0.29) is 0 Å². The van der Waals surface area contributed by atoms with Gasteiger partial charge in [0.1, 0.15) is 12.1 Å². The molecule has 5 nitrogen and oxygen atoms in total. The first-order chi connectivity index (χ1) is 9.74. The van der Waals surface area contributed by atoms with Crippen molar-refractivity contribution >= 4 is 16.9 Å². The van der Waals surface area contributed by atoms with Gasteiger partial charge >= 0.3 is 0 Å². The molecule has 0 fully saturated rings. The number of aromatic nitrogens is 4. The van der Waals surface area contributed by atoms with Crippen molar-refractivity contribution in [3.8, 4) is 0 Å². The van der Waals surface area contributed by atoms with Gasteiger partial charge < -0.3 is 5.73 Å². The van der Waals surface area contributed by atoms with Crippen molar-refractivity contribution in [3.63, 3.8) is 0 Å². The summed E-state index contributed by atoms with van der Waals surface area (Å²) in [6.07, 6.45) is 3.50. The van der Waals surface area contributed by atoms with Gasteiger partial charge in [0.05, 0.1) is 17.1 Å². The van der Waals surface area contributed by atoms with Crippen LogP contribution in [0.5, 0.6) is 0 Å². The fourth-order valence-electron chi connectivity index (χ4n) is 3.13. The van der Waals surface area contributed by atoms with E-state index in [4.69, 9.17) is 5.73 Å². The summed E-state index contributed by atoms with van der Waals surface area (Å²) in [6.45, 7) is 1.96. The van der Waals surface area contributed by atoms with Crippen molar-refractivity contribution in [3.05, 3.63) is 47.4 Å². The fraction of sp³-hybridized carbons (Fsp3) is 0.267. The van der Waals surface area contributed by atoms with Crippen LogP contribution in [-0.4, -0.2) is 19.7 Å².